The van der Waals surface area contributed by atoms with E-state index in [9.17, 15) is 9.59 Å². The quantitative estimate of drug-likeness (QED) is 0.906. The summed E-state index contributed by atoms with van der Waals surface area (Å²) in [7, 11) is 0. The summed E-state index contributed by atoms with van der Waals surface area (Å²) in [5, 5.41) is 13.4. The van der Waals surface area contributed by atoms with Crippen LogP contribution in [0.15, 0.2) is 35.7 Å². The number of carboxylic acids is 1. The van der Waals surface area contributed by atoms with Crippen LogP contribution in [0.5, 0.6) is 0 Å². The highest BCUT2D eigenvalue weighted by Crippen LogP contribution is 2.24. The Bertz CT molecular complexity index is 609. The van der Waals surface area contributed by atoms with Gasteiger partial charge >= 0.3 is 5.97 Å². The van der Waals surface area contributed by atoms with Gasteiger partial charge in [-0.2, -0.15) is 0 Å². The lowest BCUT2D eigenvalue weighted by Crippen LogP contribution is -2.13. The molecule has 0 atom stereocenters. The molecular weight excluding hydrogens is 274 g/mol. The van der Waals surface area contributed by atoms with Gasteiger partial charge in [0.05, 0.1) is 16.3 Å². The lowest BCUT2D eigenvalue weighted by molar-refractivity contribution is 0.0703. The molecule has 2 rings (SSSR count). The third kappa shape index (κ3) is 2.52. The molecule has 0 aliphatic heterocycles. The molecule has 0 aliphatic rings. The van der Waals surface area contributed by atoms with Crippen molar-refractivity contribution < 1.29 is 14.7 Å². The highest BCUT2D eigenvalue weighted by Gasteiger charge is 2.16. The fourth-order valence-electron chi connectivity index (χ4n) is 1.41. The summed E-state index contributed by atoms with van der Waals surface area (Å²) in [6.07, 6.45) is 0. The molecule has 0 radical (unpaired) electrons. The number of nitrogens with one attached hydrogen (secondary N) is 1. The van der Waals surface area contributed by atoms with Gasteiger partial charge in [-0.1, -0.05) is 23.7 Å². The number of benzene rings is 1. The van der Waals surface area contributed by atoms with E-state index in [4.69, 9.17) is 16.7 Å². The molecule has 2 aromatic rings. The Kier molecular flexibility index (Phi) is 3.64. The molecule has 0 unspecified atom stereocenters. The average molecular weight is 282 g/mol. The fraction of sp³-hybridized carbons (Fsp3) is 0. The molecule has 0 saturated heterocycles. The highest BCUT2D eigenvalue weighted by atomic mass is 35.5. The summed E-state index contributed by atoms with van der Waals surface area (Å²) < 4.78 is 0. The van der Waals surface area contributed by atoms with E-state index in [1.807, 2.05) is 0 Å². The van der Waals surface area contributed by atoms with Crippen molar-refractivity contribution >= 4 is 40.5 Å². The minimum Gasteiger partial charge on any atom is -0.477 e. The van der Waals surface area contributed by atoms with Gasteiger partial charge in [-0.05, 0) is 23.6 Å². The van der Waals surface area contributed by atoms with Crippen LogP contribution in [0, 0.1) is 0 Å². The molecule has 0 saturated carbocycles. The number of carboxylic acid groups (broad SMARTS) is 1. The lowest BCUT2D eigenvalue weighted by Gasteiger charge is -2.05. The molecule has 2 N–H and O–H groups in total. The van der Waals surface area contributed by atoms with Crippen LogP contribution in [0.1, 0.15) is 20.0 Å². The second kappa shape index (κ2) is 5.20. The van der Waals surface area contributed by atoms with E-state index < -0.39 is 11.9 Å². The number of anilines is 1. The van der Waals surface area contributed by atoms with Gasteiger partial charge in [0, 0.05) is 0 Å². The van der Waals surface area contributed by atoms with Crippen LogP contribution in [0.4, 0.5) is 5.69 Å². The van der Waals surface area contributed by atoms with Crippen LogP contribution in [-0.2, 0) is 0 Å². The Morgan fingerprint density at radius 3 is 2.61 bits per heavy atom. The minimum atomic E-state index is -1.07. The minimum absolute atomic E-state index is 0.0930. The summed E-state index contributed by atoms with van der Waals surface area (Å²) in [4.78, 5) is 22.9. The number of hydrogen-bond acceptors (Lipinski definition) is 3. The van der Waals surface area contributed by atoms with Crippen molar-refractivity contribution in [1.82, 2.24) is 0 Å². The van der Waals surface area contributed by atoms with Gasteiger partial charge in [0.2, 0.25) is 0 Å². The molecule has 1 aromatic carbocycles. The SMILES string of the molecule is O=C(Nc1ccsc1C(=O)O)c1ccccc1Cl. The van der Waals surface area contributed by atoms with Gasteiger partial charge < -0.3 is 10.4 Å². The van der Waals surface area contributed by atoms with E-state index in [1.165, 1.54) is 0 Å². The van der Waals surface area contributed by atoms with Crippen molar-refractivity contribution in [2.45, 2.75) is 0 Å². The number of carbonyl (C=O) groups is 2. The van der Waals surface area contributed by atoms with E-state index >= 15 is 0 Å². The van der Waals surface area contributed by atoms with Gasteiger partial charge in [-0.3, -0.25) is 4.79 Å². The maximum atomic E-state index is 11.9. The van der Waals surface area contributed by atoms with Gasteiger partial charge in [0.25, 0.3) is 5.91 Å². The van der Waals surface area contributed by atoms with Crippen LogP contribution in [0.2, 0.25) is 5.02 Å². The van der Waals surface area contributed by atoms with Crippen molar-refractivity contribution in [3.05, 3.63) is 51.2 Å². The zero-order valence-electron chi connectivity index (χ0n) is 9.01. The van der Waals surface area contributed by atoms with E-state index in [0.717, 1.165) is 11.3 Å². The van der Waals surface area contributed by atoms with Crippen LogP contribution in [-0.4, -0.2) is 17.0 Å². The molecule has 18 heavy (non-hydrogen) atoms. The average Bonchev–Trinajstić information content (AvgIpc) is 2.77. The molecule has 4 nitrogen and oxygen atoms in total. The number of rotatable bonds is 3. The molecular formula is C12H8ClNO3S. The largest absolute Gasteiger partial charge is 0.477 e. The van der Waals surface area contributed by atoms with Crippen molar-refractivity contribution in [3.8, 4) is 0 Å². The van der Waals surface area contributed by atoms with Gasteiger partial charge in [-0.15, -0.1) is 11.3 Å². The number of carbonyl (C=O) groups excluding carboxylic acids is 1. The summed E-state index contributed by atoms with van der Waals surface area (Å²) >= 11 is 6.94. The second-order valence-corrected chi connectivity index (χ2v) is 4.73. The Labute approximate surface area is 112 Å². The Morgan fingerprint density at radius 2 is 1.94 bits per heavy atom. The van der Waals surface area contributed by atoms with Crippen LogP contribution < -0.4 is 5.32 Å². The van der Waals surface area contributed by atoms with Crippen molar-refractivity contribution in [1.29, 1.82) is 0 Å². The van der Waals surface area contributed by atoms with Crippen LogP contribution in [0.3, 0.4) is 0 Å². The number of thiophene rings is 1. The summed E-state index contributed by atoms with van der Waals surface area (Å²) in [6.45, 7) is 0. The van der Waals surface area contributed by atoms with E-state index in [0.29, 0.717) is 10.6 Å². The normalized spacial score (nSPS) is 10.1. The highest BCUT2D eigenvalue weighted by molar-refractivity contribution is 7.12. The number of hydrogen-bond donors (Lipinski definition) is 2. The molecule has 92 valence electrons. The molecule has 1 aromatic heterocycles. The van der Waals surface area contributed by atoms with E-state index in [1.54, 1.807) is 35.7 Å². The van der Waals surface area contributed by atoms with Crippen molar-refractivity contribution in [3.63, 3.8) is 0 Å². The fourth-order valence-corrected chi connectivity index (χ4v) is 2.32. The monoisotopic (exact) mass is 281 g/mol. The predicted octanol–water partition coefficient (Wildman–Crippen LogP) is 3.35. The first-order valence-electron chi connectivity index (χ1n) is 4.96. The molecule has 6 heteroatoms. The van der Waals surface area contributed by atoms with Gasteiger partial charge in [0.15, 0.2) is 0 Å². The first-order chi connectivity index (χ1) is 8.59. The Hall–Kier alpha value is -1.85. The number of halogens is 1. The molecule has 1 amide bonds. The van der Waals surface area contributed by atoms with Crippen LogP contribution >= 0.6 is 22.9 Å². The first-order valence-corrected chi connectivity index (χ1v) is 6.22. The number of aromatic carboxylic acids is 1. The predicted molar refractivity (Wildman–Crippen MR) is 70.7 cm³/mol. The topological polar surface area (TPSA) is 66.4 Å². The van der Waals surface area contributed by atoms with Crippen molar-refractivity contribution in [2.75, 3.05) is 5.32 Å². The number of amides is 1. The summed E-state index contributed by atoms with van der Waals surface area (Å²) in [5.74, 6) is -1.50. The Balaban J connectivity index is 2.25. The van der Waals surface area contributed by atoms with Crippen LogP contribution in [0.25, 0.3) is 0 Å². The van der Waals surface area contributed by atoms with Gasteiger partial charge in [0.1, 0.15) is 4.88 Å². The Morgan fingerprint density at radius 1 is 1.22 bits per heavy atom. The third-order valence-electron chi connectivity index (χ3n) is 2.23. The van der Waals surface area contributed by atoms with E-state index in [-0.39, 0.29) is 10.6 Å². The maximum Gasteiger partial charge on any atom is 0.348 e. The van der Waals surface area contributed by atoms with Gasteiger partial charge in [-0.25, -0.2) is 4.79 Å². The molecule has 0 fully saturated rings. The summed E-state index contributed by atoms with van der Waals surface area (Å²) in [6, 6.07) is 8.12. The zero-order valence-corrected chi connectivity index (χ0v) is 10.6. The molecule has 1 heterocycles. The first kappa shape index (κ1) is 12.6. The van der Waals surface area contributed by atoms with Crippen molar-refractivity contribution in [2.24, 2.45) is 0 Å². The lowest BCUT2D eigenvalue weighted by atomic mass is 10.2. The molecule has 0 aliphatic carbocycles. The maximum absolute atomic E-state index is 11.9. The van der Waals surface area contributed by atoms with E-state index in [2.05, 4.69) is 5.32 Å². The third-order valence-corrected chi connectivity index (χ3v) is 3.46. The molecule has 0 spiro atoms. The molecule has 0 bridgehead atoms. The second-order valence-electron chi connectivity index (χ2n) is 3.40. The summed E-state index contributed by atoms with van der Waals surface area (Å²) in [5.41, 5.74) is 0.583. The smallest absolute Gasteiger partial charge is 0.348 e. The zero-order chi connectivity index (χ0) is 13.1. The standard InChI is InChI=1S/C12H8ClNO3S/c13-8-4-2-1-3-7(8)11(15)14-9-5-6-18-10(9)12(16)17/h1-6H,(H,14,15)(H,16,17).